The second-order valence-electron chi connectivity index (χ2n) is 11.9. The van der Waals surface area contributed by atoms with Gasteiger partial charge in [-0.05, 0) is 90.9 Å². The van der Waals surface area contributed by atoms with E-state index in [0.29, 0.717) is 0 Å². The number of benzene rings is 6. The molecule has 0 bridgehead atoms. The maximum absolute atomic E-state index is 15.9. The second-order valence-corrected chi connectivity index (χ2v) is 14.3. The summed E-state index contributed by atoms with van der Waals surface area (Å²) in [7, 11) is -3.45. The van der Waals surface area contributed by atoms with Gasteiger partial charge in [0.05, 0.1) is 22.0 Å². The molecule has 0 fully saturated rings. The van der Waals surface area contributed by atoms with E-state index < -0.39 is 7.44 Å². The molecule has 1 unspecified atom stereocenters. The smallest absolute Gasteiger partial charge is 0.301 e. The summed E-state index contributed by atoms with van der Waals surface area (Å²) in [6.45, 7) is 6.34. The molecule has 0 amide bonds. The molecule has 1 aliphatic rings. The first-order chi connectivity index (χ1) is 23.6. The Balaban J connectivity index is 1.35. The lowest BCUT2D eigenvalue weighted by molar-refractivity contribution is 0.581. The van der Waals surface area contributed by atoms with Crippen LogP contribution >= 0.6 is 7.44 Å². The Morgan fingerprint density at radius 2 is 1.10 bits per heavy atom. The molecule has 232 valence electrons. The number of allylic oxidation sites excluding steroid dienone is 4. The Labute approximate surface area is 281 Å². The zero-order valence-electron chi connectivity index (χ0n) is 26.6. The lowest BCUT2D eigenvalue weighted by Crippen LogP contribution is -2.28. The summed E-state index contributed by atoms with van der Waals surface area (Å²) >= 11 is 0. The third kappa shape index (κ3) is 4.73. The number of hydrogen-bond acceptors (Lipinski definition) is 1. The molecule has 0 saturated carbocycles. The van der Waals surface area contributed by atoms with E-state index in [1.807, 2.05) is 112 Å². The van der Waals surface area contributed by atoms with Crippen molar-refractivity contribution in [3.8, 4) is 5.69 Å². The Morgan fingerprint density at radius 1 is 0.583 bits per heavy atom. The minimum absolute atomic E-state index is 0.760. The van der Waals surface area contributed by atoms with Crippen molar-refractivity contribution in [3.05, 3.63) is 199 Å². The van der Waals surface area contributed by atoms with Crippen molar-refractivity contribution in [2.45, 2.75) is 6.92 Å². The van der Waals surface area contributed by atoms with Crippen LogP contribution < -0.4 is 14.6 Å². The maximum atomic E-state index is 15.9. The molecule has 0 radical (unpaired) electrons. The van der Waals surface area contributed by atoms with Crippen LogP contribution in [0.4, 0.5) is 11.4 Å². The SMILES string of the molecule is C=C/C(=C\C1=C(C)N(c2ccccc2)P(=O)(c2ccccc2)N1c1ccccc1)c1ccc2c(c1)c1ccccc1n2-c1ccccc1. The van der Waals surface area contributed by atoms with Gasteiger partial charge in [0.2, 0.25) is 0 Å². The van der Waals surface area contributed by atoms with Gasteiger partial charge in [0, 0.05) is 33.5 Å². The summed E-state index contributed by atoms with van der Waals surface area (Å²) in [5.74, 6) is 0. The normalized spacial score (nSPS) is 16.6. The highest BCUT2D eigenvalue weighted by atomic mass is 31.2. The number of nitrogens with zero attached hydrogens (tertiary/aromatic N) is 3. The molecule has 1 aliphatic heterocycles. The van der Waals surface area contributed by atoms with Gasteiger partial charge in [0.15, 0.2) is 0 Å². The third-order valence-corrected chi connectivity index (χ3v) is 12.1. The summed E-state index contributed by atoms with van der Waals surface area (Å²) in [5.41, 5.74) is 8.90. The van der Waals surface area contributed by atoms with E-state index >= 15 is 4.57 Å². The van der Waals surface area contributed by atoms with Crippen LogP contribution in [0, 0.1) is 0 Å². The van der Waals surface area contributed by atoms with Crippen LogP contribution in [0.15, 0.2) is 194 Å². The molecular formula is C43H34N3OP. The molecule has 7 aromatic rings. The first-order valence-corrected chi connectivity index (χ1v) is 17.7. The molecule has 0 aliphatic carbocycles. The third-order valence-electron chi connectivity index (χ3n) is 9.09. The van der Waals surface area contributed by atoms with Gasteiger partial charge in [-0.3, -0.25) is 13.9 Å². The van der Waals surface area contributed by atoms with Crippen molar-refractivity contribution in [1.82, 2.24) is 4.57 Å². The second kappa shape index (κ2) is 12.1. The monoisotopic (exact) mass is 639 g/mol. The minimum Gasteiger partial charge on any atom is -0.309 e. The Morgan fingerprint density at radius 3 is 1.73 bits per heavy atom. The van der Waals surface area contributed by atoms with Gasteiger partial charge >= 0.3 is 7.44 Å². The van der Waals surface area contributed by atoms with E-state index in [1.165, 1.54) is 5.39 Å². The van der Waals surface area contributed by atoms with Crippen LogP contribution in [0.3, 0.4) is 0 Å². The first kappa shape index (κ1) is 29.6. The number of fused-ring (bicyclic) bond motifs is 3. The molecule has 1 atom stereocenters. The van der Waals surface area contributed by atoms with E-state index in [0.717, 1.165) is 61.3 Å². The lowest BCUT2D eigenvalue weighted by Gasteiger charge is -2.34. The van der Waals surface area contributed by atoms with Crippen LogP contribution in [0.1, 0.15) is 12.5 Å². The van der Waals surface area contributed by atoms with Gasteiger partial charge in [-0.2, -0.15) is 0 Å². The van der Waals surface area contributed by atoms with E-state index in [9.17, 15) is 0 Å². The fourth-order valence-corrected chi connectivity index (χ4v) is 10.0. The van der Waals surface area contributed by atoms with Gasteiger partial charge < -0.3 is 4.57 Å². The molecule has 48 heavy (non-hydrogen) atoms. The largest absolute Gasteiger partial charge is 0.309 e. The van der Waals surface area contributed by atoms with Crippen molar-refractivity contribution >= 4 is 51.5 Å². The van der Waals surface area contributed by atoms with Crippen LogP contribution in [-0.2, 0) is 4.57 Å². The first-order valence-electron chi connectivity index (χ1n) is 16.1. The molecular weight excluding hydrogens is 605 g/mol. The summed E-state index contributed by atoms with van der Waals surface area (Å²) < 4.78 is 22.3. The molecule has 1 aromatic heterocycles. The molecule has 5 heteroatoms. The number of anilines is 2. The fraction of sp³-hybridized carbons (Fsp3) is 0.0233. The highest BCUT2D eigenvalue weighted by molar-refractivity contribution is 7.75. The van der Waals surface area contributed by atoms with Crippen molar-refractivity contribution < 1.29 is 4.57 Å². The van der Waals surface area contributed by atoms with E-state index in [4.69, 9.17) is 0 Å². The van der Waals surface area contributed by atoms with Gasteiger partial charge in [0.1, 0.15) is 0 Å². The predicted octanol–water partition coefficient (Wildman–Crippen LogP) is 11.1. The van der Waals surface area contributed by atoms with Crippen LogP contribution in [0.2, 0.25) is 0 Å². The topological polar surface area (TPSA) is 28.5 Å². The number of rotatable bonds is 7. The predicted molar refractivity (Wildman–Crippen MR) is 203 cm³/mol. The highest BCUT2D eigenvalue weighted by Gasteiger charge is 2.48. The summed E-state index contributed by atoms with van der Waals surface area (Å²) in [6, 6.07) is 55.6. The number of para-hydroxylation sites is 4. The van der Waals surface area contributed by atoms with Gasteiger partial charge in [-0.15, -0.1) is 0 Å². The van der Waals surface area contributed by atoms with Crippen molar-refractivity contribution in [1.29, 1.82) is 0 Å². The fourth-order valence-electron chi connectivity index (χ4n) is 6.92. The van der Waals surface area contributed by atoms with Crippen LogP contribution in [-0.4, -0.2) is 4.57 Å². The molecule has 2 heterocycles. The molecule has 4 nitrogen and oxygen atoms in total. The zero-order valence-corrected chi connectivity index (χ0v) is 27.5. The average molecular weight is 640 g/mol. The van der Waals surface area contributed by atoms with Gasteiger partial charge in [-0.25, -0.2) is 0 Å². The minimum atomic E-state index is -3.45. The van der Waals surface area contributed by atoms with Gasteiger partial charge in [-0.1, -0.05) is 110 Å². The molecule has 0 spiro atoms. The van der Waals surface area contributed by atoms with Crippen molar-refractivity contribution in [2.75, 3.05) is 9.34 Å². The van der Waals surface area contributed by atoms with E-state index in [2.05, 4.69) is 90.9 Å². The zero-order chi connectivity index (χ0) is 32.7. The van der Waals surface area contributed by atoms with Crippen molar-refractivity contribution in [2.24, 2.45) is 0 Å². The summed E-state index contributed by atoms with van der Waals surface area (Å²) in [4.78, 5) is 0. The number of hydrogen-bond donors (Lipinski definition) is 0. The molecule has 6 aromatic carbocycles. The van der Waals surface area contributed by atoms with Crippen molar-refractivity contribution in [3.63, 3.8) is 0 Å². The summed E-state index contributed by atoms with van der Waals surface area (Å²) in [5, 5.41) is 3.11. The van der Waals surface area contributed by atoms with Crippen LogP contribution in [0.25, 0.3) is 33.1 Å². The Bertz CT molecular complexity index is 2400. The molecule has 0 saturated heterocycles. The lowest BCUT2D eigenvalue weighted by atomic mass is 10.0. The number of aromatic nitrogens is 1. The van der Waals surface area contributed by atoms with E-state index in [1.54, 1.807) is 0 Å². The maximum Gasteiger partial charge on any atom is 0.301 e. The standard InChI is InChI=1S/C43H34N3OP/c1-3-33(34-28-29-42-40(30-34)39-26-16-17-27-41(39)44(42)35-18-8-4-9-19-35)31-43-32(2)45(36-20-10-5-11-21-36)48(47,38-24-14-7-15-25-38)46(43)37-22-12-6-13-23-37/h3-31H,1H2,2H3/b33-31+. The van der Waals surface area contributed by atoms with Crippen LogP contribution in [0.5, 0.6) is 0 Å². The quantitative estimate of drug-likeness (QED) is 0.128. The Kier molecular flexibility index (Phi) is 7.44. The summed E-state index contributed by atoms with van der Waals surface area (Å²) in [6.07, 6.45) is 4.05. The molecule has 0 N–H and O–H groups in total. The van der Waals surface area contributed by atoms with E-state index in [-0.39, 0.29) is 0 Å². The molecule has 8 rings (SSSR count). The average Bonchev–Trinajstić information content (AvgIpc) is 3.60. The van der Waals surface area contributed by atoms with Gasteiger partial charge in [0.25, 0.3) is 0 Å². The Hall–Kier alpha value is -5.83. The highest BCUT2D eigenvalue weighted by Crippen LogP contribution is 2.64.